The molecular weight excluding hydrogens is 595 g/mol. The molecule has 0 radical (unpaired) electrons. The Bertz CT molecular complexity index is 617. The molecule has 0 bridgehead atoms. The summed E-state index contributed by atoms with van der Waals surface area (Å²) in [6.45, 7) is 10.7. The average Bonchev–Trinajstić information content (AvgIpc) is 2.81. The van der Waals surface area contributed by atoms with E-state index in [-0.39, 0.29) is 0 Å². The molecule has 0 spiro atoms. The summed E-state index contributed by atoms with van der Waals surface area (Å²) in [4.78, 5) is 5.82. The highest BCUT2D eigenvalue weighted by Crippen LogP contribution is 2.38. The Morgan fingerprint density at radius 3 is 0.952 bits per heavy atom. The Morgan fingerprint density at radius 2 is 0.738 bits per heavy atom. The Balaban J connectivity index is 2.69. The molecule has 1 heterocycles. The molecule has 1 aliphatic heterocycles. The number of aliphatic hydroxyl groups excluding tert-OH is 3. The van der Waals surface area contributed by atoms with Crippen LogP contribution in [-0.4, -0.2) is 176 Å². The molecule has 0 amide bonds. The summed E-state index contributed by atoms with van der Waals surface area (Å²) in [5.41, 5.74) is 0. The molecule has 1 fully saturated rings. The lowest BCUT2D eigenvalue weighted by Crippen LogP contribution is -2.67. The second-order valence-electron chi connectivity index (χ2n) is 13.0. The van der Waals surface area contributed by atoms with Gasteiger partial charge in [-0.1, -0.05) is 0 Å². The van der Waals surface area contributed by atoms with Gasteiger partial charge < -0.3 is 56.6 Å². The van der Waals surface area contributed by atoms with Crippen molar-refractivity contribution >= 4 is 25.7 Å². The van der Waals surface area contributed by atoms with Crippen molar-refractivity contribution < 1.29 is 41.9 Å². The van der Waals surface area contributed by atoms with Gasteiger partial charge in [0.25, 0.3) is 0 Å². The molecule has 1 saturated heterocycles. The van der Waals surface area contributed by atoms with Crippen LogP contribution in [0, 0.1) is 0 Å². The zero-order valence-corrected chi connectivity index (χ0v) is 31.0. The number of likely N-dealkylation sites (N-methyl/N-ethyl adjacent to an activating group) is 3. The summed E-state index contributed by atoms with van der Waals surface area (Å²) in [7, 11) is 3.94. The first-order chi connectivity index (χ1) is 19.6. The molecule has 12 nitrogen and oxygen atoms in total. The van der Waals surface area contributed by atoms with Crippen LogP contribution in [0.3, 0.4) is 0 Å². The quantitative estimate of drug-likeness (QED) is 0.102. The highest BCUT2D eigenvalue weighted by Gasteiger charge is 2.55. The van der Waals surface area contributed by atoms with Gasteiger partial charge in [0.05, 0.1) is 38.1 Å². The van der Waals surface area contributed by atoms with Crippen molar-refractivity contribution in [1.82, 2.24) is 14.7 Å². The van der Waals surface area contributed by atoms with E-state index in [1.807, 2.05) is 57.0 Å². The normalized spacial score (nSPS) is 27.2. The second kappa shape index (κ2) is 20.3. The largest absolute Gasteiger partial charge is 0.416 e. The minimum atomic E-state index is -2.55. The van der Waals surface area contributed by atoms with E-state index in [0.29, 0.717) is 59.3 Å². The first-order valence-corrected chi connectivity index (χ1v) is 22.9. The Kier molecular flexibility index (Phi) is 19.5. The number of hydrogen-bond acceptors (Lipinski definition) is 12. The van der Waals surface area contributed by atoms with Crippen LogP contribution in [0.25, 0.3) is 0 Å². The van der Waals surface area contributed by atoms with Gasteiger partial charge >= 0.3 is 25.7 Å². The average molecular weight is 658 g/mol. The lowest BCUT2D eigenvalue weighted by molar-refractivity contribution is 0.0233. The van der Waals surface area contributed by atoms with Crippen molar-refractivity contribution in [3.63, 3.8) is 0 Å². The fourth-order valence-electron chi connectivity index (χ4n) is 5.31. The van der Waals surface area contributed by atoms with Gasteiger partial charge in [-0.15, -0.1) is 0 Å². The van der Waals surface area contributed by atoms with Crippen LogP contribution in [0.1, 0.15) is 19.3 Å². The van der Waals surface area contributed by atoms with E-state index in [1.165, 1.54) is 0 Å². The Morgan fingerprint density at radius 1 is 0.500 bits per heavy atom. The fourth-order valence-corrected chi connectivity index (χ4v) is 22.7. The fraction of sp³-hybridized carbons (Fsp3) is 1.00. The van der Waals surface area contributed by atoms with Crippen LogP contribution in [0.15, 0.2) is 0 Å². The maximum Gasteiger partial charge on any atom is 0.317 e. The van der Waals surface area contributed by atoms with Crippen LogP contribution >= 0.6 is 0 Å². The summed E-state index contributed by atoms with van der Waals surface area (Å²) in [6.07, 6.45) is 0.872. The number of hydrogen-bond donors (Lipinski definition) is 3. The van der Waals surface area contributed by atoms with Gasteiger partial charge in [0.2, 0.25) is 0 Å². The summed E-state index contributed by atoms with van der Waals surface area (Å²) >= 11 is 0. The van der Waals surface area contributed by atoms with E-state index in [2.05, 4.69) is 19.6 Å². The third-order valence-corrected chi connectivity index (χ3v) is 20.9. The molecule has 1 aliphatic rings. The molecule has 1 rings (SSSR count). The molecule has 0 saturated carbocycles. The van der Waals surface area contributed by atoms with Crippen LogP contribution in [0.2, 0.25) is 37.8 Å². The number of aliphatic hydroxyl groups is 3. The van der Waals surface area contributed by atoms with Gasteiger partial charge in [0.1, 0.15) is 0 Å². The predicted molar refractivity (Wildman–Crippen MR) is 173 cm³/mol. The number of ether oxygens (including phenoxy) is 3. The van der Waals surface area contributed by atoms with E-state index in [1.54, 1.807) is 0 Å². The molecular formula is C27H63N3O9Si3. The monoisotopic (exact) mass is 657 g/mol. The van der Waals surface area contributed by atoms with Gasteiger partial charge in [-0.3, -0.25) is 0 Å². The van der Waals surface area contributed by atoms with Crippen molar-refractivity contribution in [3.05, 3.63) is 0 Å². The summed E-state index contributed by atoms with van der Waals surface area (Å²) < 4.78 is 37.6. The van der Waals surface area contributed by atoms with Gasteiger partial charge in [-0.2, -0.15) is 0 Å². The van der Waals surface area contributed by atoms with E-state index in [0.717, 1.165) is 37.4 Å². The molecule has 0 aromatic rings. The van der Waals surface area contributed by atoms with Crippen LogP contribution in [0.5, 0.6) is 0 Å². The summed E-state index contributed by atoms with van der Waals surface area (Å²) in [6, 6.07) is 2.39. The maximum absolute atomic E-state index is 10.1. The van der Waals surface area contributed by atoms with Crippen molar-refractivity contribution in [1.29, 1.82) is 0 Å². The van der Waals surface area contributed by atoms with Crippen LogP contribution in [0.4, 0.5) is 0 Å². The first kappa shape index (κ1) is 40.2. The minimum absolute atomic E-state index is 0.312. The van der Waals surface area contributed by atoms with Gasteiger partial charge in [0, 0.05) is 39.5 Å². The lowest BCUT2D eigenvalue weighted by atomic mass is 10.3. The molecule has 3 unspecified atom stereocenters. The summed E-state index contributed by atoms with van der Waals surface area (Å²) in [5.74, 6) is 0. The third-order valence-electron chi connectivity index (χ3n) is 6.71. The molecule has 42 heavy (non-hydrogen) atoms. The Hall–Kier alpha value is 0.171. The third kappa shape index (κ3) is 18.9. The zero-order chi connectivity index (χ0) is 31.8. The van der Waals surface area contributed by atoms with E-state index in [9.17, 15) is 15.3 Å². The van der Waals surface area contributed by atoms with Crippen molar-refractivity contribution in [2.75, 3.05) is 102 Å². The molecule has 0 aromatic carbocycles. The summed E-state index contributed by atoms with van der Waals surface area (Å²) in [5, 5.41) is 30.2. The van der Waals surface area contributed by atoms with Crippen molar-refractivity contribution in [3.8, 4) is 0 Å². The second-order valence-corrected chi connectivity index (χ2v) is 23.7. The highest BCUT2D eigenvalue weighted by atomic mass is 28.5. The number of nitrogens with zero attached hydrogens (tertiary/aromatic N) is 3. The van der Waals surface area contributed by atoms with Crippen molar-refractivity contribution in [2.24, 2.45) is 0 Å². The standard InChI is InChI=1S/C27H63N3O9Si3/c1-28(2)19-25(31)22-34-13-10-16-40(7)37-41(8,17-11-14-35-23-26(32)20-29(3)4)39-42(9,38-40)18-12-15-36-24-27(33)21-30(5)6/h25-27,31-33H,10-24H2,1-9H3. The van der Waals surface area contributed by atoms with Crippen LogP contribution < -0.4 is 0 Å². The molecule has 3 N–H and O–H groups in total. The molecule has 3 atom stereocenters. The maximum atomic E-state index is 10.1. The van der Waals surface area contributed by atoms with E-state index in [4.69, 9.17) is 26.6 Å². The van der Waals surface area contributed by atoms with Crippen LogP contribution in [-0.2, 0) is 26.6 Å². The lowest BCUT2D eigenvalue weighted by Gasteiger charge is -2.50. The number of rotatable bonds is 24. The minimum Gasteiger partial charge on any atom is -0.416 e. The van der Waals surface area contributed by atoms with E-state index < -0.39 is 44.0 Å². The predicted octanol–water partition coefficient (Wildman–Crippen LogP) is 1.25. The highest BCUT2D eigenvalue weighted by molar-refractivity contribution is 6.93. The van der Waals surface area contributed by atoms with E-state index >= 15 is 0 Å². The smallest absolute Gasteiger partial charge is 0.317 e. The van der Waals surface area contributed by atoms with Gasteiger partial charge in [-0.05, 0) is 99.3 Å². The SMILES string of the molecule is CN(C)CC(O)COCCC[Si]1(C)O[Si](C)(CCCOCC(O)CN(C)C)O[Si](C)(CCCOCC(O)CN(C)C)O1. The van der Waals surface area contributed by atoms with Gasteiger partial charge in [-0.25, -0.2) is 0 Å². The molecule has 252 valence electrons. The van der Waals surface area contributed by atoms with Gasteiger partial charge in [0.15, 0.2) is 0 Å². The van der Waals surface area contributed by atoms with Crippen molar-refractivity contribution in [2.45, 2.75) is 75.3 Å². The molecule has 0 aliphatic carbocycles. The zero-order valence-electron chi connectivity index (χ0n) is 28.0. The Labute approximate surface area is 258 Å². The topological polar surface area (TPSA) is 126 Å². The molecule has 15 heteroatoms. The molecule has 0 aromatic heterocycles. The first-order valence-electron chi connectivity index (χ1n) is 15.4.